The molecule has 1 heterocycles. The monoisotopic (exact) mass is 277 g/mol. The Morgan fingerprint density at radius 2 is 2.11 bits per heavy atom. The first kappa shape index (κ1) is 14.0. The number of nitrogens with one attached hydrogen (secondary N) is 1. The third-order valence-electron chi connectivity index (χ3n) is 2.73. The molecule has 0 radical (unpaired) electrons. The second-order valence-corrected chi connectivity index (χ2v) is 7.27. The maximum absolute atomic E-state index is 10.8. The van der Waals surface area contributed by atoms with Gasteiger partial charge in [-0.3, -0.25) is 0 Å². The third kappa shape index (κ3) is 3.13. The van der Waals surface area contributed by atoms with E-state index in [-0.39, 0.29) is 4.75 Å². The molecule has 1 aromatic heterocycles. The Hall–Kier alpha value is -1.42. The lowest BCUT2D eigenvalue weighted by molar-refractivity contribution is -0.107. The number of hydrogen-bond acceptors (Lipinski definition) is 3. The van der Waals surface area contributed by atoms with Gasteiger partial charge >= 0.3 is 0 Å². The van der Waals surface area contributed by atoms with Gasteiger partial charge in [-0.1, -0.05) is 20.8 Å². The van der Waals surface area contributed by atoms with E-state index in [4.69, 9.17) is 4.74 Å². The van der Waals surface area contributed by atoms with E-state index in [1.165, 1.54) is 0 Å². The fourth-order valence-corrected chi connectivity index (χ4v) is 3.13. The molecule has 4 heteroatoms. The summed E-state index contributed by atoms with van der Waals surface area (Å²) in [5.74, 6) is 0.833. The van der Waals surface area contributed by atoms with Crippen molar-refractivity contribution in [2.24, 2.45) is 0 Å². The smallest absolute Gasteiger partial charge is 0.125 e. The van der Waals surface area contributed by atoms with Gasteiger partial charge in [0.05, 0.1) is 7.11 Å². The van der Waals surface area contributed by atoms with Gasteiger partial charge in [-0.05, 0) is 18.2 Å². The zero-order chi connectivity index (χ0) is 14.0. The number of aromatic amines is 1. The Bertz CT molecular complexity index is 596. The number of aldehydes is 1. The van der Waals surface area contributed by atoms with Gasteiger partial charge < -0.3 is 14.5 Å². The first-order valence-electron chi connectivity index (χ1n) is 6.26. The van der Waals surface area contributed by atoms with E-state index < -0.39 is 0 Å². The third-order valence-corrected chi connectivity index (χ3v) is 4.01. The highest BCUT2D eigenvalue weighted by Crippen LogP contribution is 2.40. The molecule has 0 bridgehead atoms. The van der Waals surface area contributed by atoms with Crippen LogP contribution in [-0.2, 0) is 11.2 Å². The van der Waals surface area contributed by atoms with Crippen LogP contribution in [0.25, 0.3) is 10.9 Å². The highest BCUT2D eigenvalue weighted by molar-refractivity contribution is 8.00. The molecule has 2 aromatic rings. The molecule has 0 atom stereocenters. The highest BCUT2D eigenvalue weighted by atomic mass is 32.2. The van der Waals surface area contributed by atoms with Crippen LogP contribution >= 0.6 is 11.8 Å². The molecule has 1 aromatic carbocycles. The van der Waals surface area contributed by atoms with Crippen LogP contribution in [0.15, 0.2) is 23.1 Å². The van der Waals surface area contributed by atoms with Crippen molar-refractivity contribution in [2.45, 2.75) is 36.8 Å². The Morgan fingerprint density at radius 1 is 1.37 bits per heavy atom. The largest absolute Gasteiger partial charge is 0.497 e. The molecule has 0 aliphatic carbocycles. The number of methoxy groups -OCH3 is 1. The molecule has 19 heavy (non-hydrogen) atoms. The Labute approximate surface area is 117 Å². The number of thioether (sulfide) groups is 1. The van der Waals surface area contributed by atoms with E-state index in [1.54, 1.807) is 18.9 Å². The lowest BCUT2D eigenvalue weighted by Crippen LogP contribution is -2.07. The Balaban J connectivity index is 2.59. The molecule has 0 saturated carbocycles. The summed E-state index contributed by atoms with van der Waals surface area (Å²) in [5, 5.41) is 1.12. The van der Waals surface area contributed by atoms with Gasteiger partial charge in [0.15, 0.2) is 0 Å². The van der Waals surface area contributed by atoms with Gasteiger partial charge in [0.25, 0.3) is 0 Å². The van der Waals surface area contributed by atoms with Crippen LogP contribution < -0.4 is 4.74 Å². The molecular formula is C15H19NO2S. The van der Waals surface area contributed by atoms with Crippen LogP contribution in [0.1, 0.15) is 26.5 Å². The van der Waals surface area contributed by atoms with Crippen molar-refractivity contribution >= 4 is 29.0 Å². The predicted molar refractivity (Wildman–Crippen MR) is 80.2 cm³/mol. The van der Waals surface area contributed by atoms with Crippen molar-refractivity contribution in [3.8, 4) is 5.75 Å². The number of hydrogen-bond donors (Lipinski definition) is 1. The lowest BCUT2D eigenvalue weighted by Gasteiger charge is -2.18. The van der Waals surface area contributed by atoms with Crippen LogP contribution in [0.2, 0.25) is 0 Å². The van der Waals surface area contributed by atoms with Gasteiger partial charge in [0.1, 0.15) is 12.0 Å². The molecule has 0 aliphatic heterocycles. The standard InChI is InChI=1S/C15H19NO2S/c1-15(2,3)19-14-11-9-10(18-4)5-6-12(11)16-13(14)7-8-17/h5-6,8-9,16H,7H2,1-4H3. The van der Waals surface area contributed by atoms with E-state index >= 15 is 0 Å². The van der Waals surface area contributed by atoms with Crippen molar-refractivity contribution in [1.82, 2.24) is 4.98 Å². The SMILES string of the molecule is COc1ccc2[nH]c(CC=O)c(SC(C)(C)C)c2c1. The van der Waals surface area contributed by atoms with Crippen molar-refractivity contribution in [2.75, 3.05) is 7.11 Å². The summed E-state index contributed by atoms with van der Waals surface area (Å²) in [6.45, 7) is 6.50. The molecular weight excluding hydrogens is 258 g/mol. The summed E-state index contributed by atoms with van der Waals surface area (Å²) in [7, 11) is 1.66. The summed E-state index contributed by atoms with van der Waals surface area (Å²) in [5.41, 5.74) is 2.03. The number of ether oxygens (including phenoxy) is 1. The van der Waals surface area contributed by atoms with E-state index in [0.29, 0.717) is 6.42 Å². The summed E-state index contributed by atoms with van der Waals surface area (Å²) < 4.78 is 5.38. The normalized spacial score (nSPS) is 11.8. The number of fused-ring (bicyclic) bond motifs is 1. The van der Waals surface area contributed by atoms with Crippen molar-refractivity contribution in [3.05, 3.63) is 23.9 Å². The van der Waals surface area contributed by atoms with Gasteiger partial charge in [-0.25, -0.2) is 0 Å². The van der Waals surface area contributed by atoms with Crippen LogP contribution in [0.3, 0.4) is 0 Å². The number of benzene rings is 1. The van der Waals surface area contributed by atoms with E-state index in [9.17, 15) is 4.79 Å². The zero-order valence-electron chi connectivity index (χ0n) is 11.7. The fraction of sp³-hybridized carbons (Fsp3) is 0.400. The van der Waals surface area contributed by atoms with Gasteiger partial charge in [-0.2, -0.15) is 0 Å². The maximum atomic E-state index is 10.8. The topological polar surface area (TPSA) is 42.1 Å². The number of carbonyl (C=O) groups is 1. The molecule has 0 saturated heterocycles. The molecule has 3 nitrogen and oxygen atoms in total. The Kier molecular flexibility index (Phi) is 3.90. The van der Waals surface area contributed by atoms with Gasteiger partial charge in [0.2, 0.25) is 0 Å². The van der Waals surface area contributed by atoms with Crippen LogP contribution in [0, 0.1) is 0 Å². The number of carbonyl (C=O) groups excluding carboxylic acids is 1. The average molecular weight is 277 g/mol. The van der Waals surface area contributed by atoms with Crippen molar-refractivity contribution < 1.29 is 9.53 Å². The Morgan fingerprint density at radius 3 is 2.68 bits per heavy atom. The summed E-state index contributed by atoms with van der Waals surface area (Å²) in [6.07, 6.45) is 1.35. The zero-order valence-corrected chi connectivity index (χ0v) is 12.6. The minimum Gasteiger partial charge on any atom is -0.497 e. The van der Waals surface area contributed by atoms with Crippen LogP contribution in [-0.4, -0.2) is 23.1 Å². The molecule has 0 aliphatic rings. The quantitative estimate of drug-likeness (QED) is 0.682. The summed E-state index contributed by atoms with van der Waals surface area (Å²) in [4.78, 5) is 15.3. The molecule has 0 unspecified atom stereocenters. The van der Waals surface area contributed by atoms with Crippen molar-refractivity contribution in [3.63, 3.8) is 0 Å². The first-order valence-corrected chi connectivity index (χ1v) is 7.07. The molecule has 102 valence electrons. The fourth-order valence-electron chi connectivity index (χ4n) is 1.98. The second-order valence-electron chi connectivity index (χ2n) is 5.43. The second kappa shape index (κ2) is 5.29. The van der Waals surface area contributed by atoms with Gasteiger partial charge in [0, 0.05) is 32.7 Å². The van der Waals surface area contributed by atoms with E-state index in [0.717, 1.165) is 33.5 Å². The summed E-state index contributed by atoms with van der Waals surface area (Å²) in [6, 6.07) is 5.94. The molecule has 1 N–H and O–H groups in total. The van der Waals surface area contributed by atoms with E-state index in [2.05, 4.69) is 25.8 Å². The molecule has 2 rings (SSSR count). The van der Waals surface area contributed by atoms with Gasteiger partial charge in [-0.15, -0.1) is 11.8 Å². The molecule has 0 amide bonds. The molecule has 0 spiro atoms. The minimum atomic E-state index is 0.0931. The lowest BCUT2D eigenvalue weighted by atomic mass is 10.2. The molecule has 0 fully saturated rings. The number of H-pyrrole nitrogens is 1. The maximum Gasteiger partial charge on any atom is 0.125 e. The predicted octanol–water partition coefficient (Wildman–Crippen LogP) is 3.81. The number of aromatic nitrogens is 1. The van der Waals surface area contributed by atoms with Crippen LogP contribution in [0.4, 0.5) is 0 Å². The first-order chi connectivity index (χ1) is 8.94. The average Bonchev–Trinajstić information content (AvgIpc) is 2.65. The van der Waals surface area contributed by atoms with E-state index in [1.807, 2.05) is 18.2 Å². The minimum absolute atomic E-state index is 0.0931. The number of rotatable bonds is 4. The van der Waals surface area contributed by atoms with Crippen molar-refractivity contribution in [1.29, 1.82) is 0 Å². The highest BCUT2D eigenvalue weighted by Gasteiger charge is 2.19. The summed E-state index contributed by atoms with van der Waals surface area (Å²) >= 11 is 1.78. The van der Waals surface area contributed by atoms with Crippen LogP contribution in [0.5, 0.6) is 5.75 Å².